The largest absolute Gasteiger partial charge is 0.487 e. The summed E-state index contributed by atoms with van der Waals surface area (Å²) in [6, 6.07) is 21.2. The molecule has 12 heteroatoms. The van der Waals surface area contributed by atoms with Crippen LogP contribution in [0.4, 0.5) is 20.2 Å². The fourth-order valence-corrected chi connectivity index (χ4v) is 5.02. The number of thioether (sulfide) groups is 1. The molecule has 1 aliphatic rings. The van der Waals surface area contributed by atoms with Crippen molar-refractivity contribution in [2.24, 2.45) is 4.99 Å². The Bertz CT molecular complexity index is 1380. The lowest BCUT2D eigenvalue weighted by atomic mass is 10.1. The molecule has 1 fully saturated rings. The molecule has 0 aromatic heterocycles. The number of aliphatic imine (C=N–C) groups is 1. The van der Waals surface area contributed by atoms with E-state index >= 15 is 0 Å². The third kappa shape index (κ3) is 8.03. The molecule has 3 aromatic rings. The van der Waals surface area contributed by atoms with Gasteiger partial charge in [0, 0.05) is 30.3 Å². The predicted molar refractivity (Wildman–Crippen MR) is 149 cm³/mol. The number of amides is 2. The molecule has 8 nitrogen and oxygen atoms in total. The van der Waals surface area contributed by atoms with Gasteiger partial charge in [0.1, 0.15) is 11.0 Å². The number of carbonyl (C=O) groups excluding carboxylic acids is 3. The number of halogens is 3. The fraction of sp³-hybridized carbons (Fsp3) is 0.214. The van der Waals surface area contributed by atoms with Crippen molar-refractivity contribution in [1.82, 2.24) is 4.90 Å². The summed E-state index contributed by atoms with van der Waals surface area (Å²) < 4.78 is 34.9. The van der Waals surface area contributed by atoms with Crippen molar-refractivity contribution in [3.8, 4) is 5.75 Å². The quantitative estimate of drug-likeness (QED) is 0.249. The molecule has 208 valence electrons. The Balaban J connectivity index is 1.53. The summed E-state index contributed by atoms with van der Waals surface area (Å²) in [6.45, 7) is 0.331. The normalized spacial score (nSPS) is 16.5. The molecule has 1 unspecified atom stereocenters. The number of benzene rings is 3. The van der Waals surface area contributed by atoms with Crippen LogP contribution in [0.1, 0.15) is 22.3 Å². The third-order valence-corrected chi connectivity index (χ3v) is 7.03. The summed E-state index contributed by atoms with van der Waals surface area (Å²) in [4.78, 5) is 44.1. The number of nitrogens with one attached hydrogen (secondary N) is 1. The summed E-state index contributed by atoms with van der Waals surface area (Å²) in [6.07, 6.45) is 0.509. The third-order valence-electron chi connectivity index (χ3n) is 5.77. The second-order valence-corrected chi connectivity index (χ2v) is 10.2. The maximum Gasteiger partial charge on any atom is 0.487 e. The number of alkyl halides is 3. The second-order valence-electron chi connectivity index (χ2n) is 8.59. The summed E-state index contributed by atoms with van der Waals surface area (Å²) >= 11 is 5.95. The highest BCUT2D eigenvalue weighted by Gasteiger charge is 2.36. The molecule has 3 aromatic carbocycles. The molecule has 0 saturated carbocycles. The van der Waals surface area contributed by atoms with Crippen LogP contribution in [-0.2, 0) is 20.7 Å². The van der Waals surface area contributed by atoms with Gasteiger partial charge in [0.2, 0.25) is 11.8 Å². The maximum absolute atomic E-state index is 13.2. The molecule has 0 aliphatic carbocycles. The van der Waals surface area contributed by atoms with Crippen LogP contribution >= 0.6 is 23.4 Å². The highest BCUT2D eigenvalue weighted by molar-refractivity contribution is 8.15. The van der Waals surface area contributed by atoms with Gasteiger partial charge < -0.3 is 14.8 Å². The zero-order valence-electron chi connectivity index (χ0n) is 21.2. The number of anilines is 1. The van der Waals surface area contributed by atoms with Gasteiger partial charge >= 0.3 is 11.5 Å². The number of ether oxygens (including phenoxy) is 2. The van der Waals surface area contributed by atoms with Crippen molar-refractivity contribution < 1.29 is 32.6 Å². The molecular weight excluding hydrogens is 564 g/mol. The van der Waals surface area contributed by atoms with E-state index in [1.54, 1.807) is 12.1 Å². The second kappa shape index (κ2) is 12.9. The average Bonchev–Trinajstić information content (AvgIpc) is 2.93. The lowest BCUT2D eigenvalue weighted by molar-refractivity contribution is -0.129. The van der Waals surface area contributed by atoms with E-state index in [4.69, 9.17) is 11.6 Å². The van der Waals surface area contributed by atoms with Crippen LogP contribution in [0.25, 0.3) is 0 Å². The highest BCUT2D eigenvalue weighted by Crippen LogP contribution is 2.32. The van der Waals surface area contributed by atoms with Gasteiger partial charge in [0.15, 0.2) is 5.17 Å². The minimum absolute atomic E-state index is 0.0534. The smallest absolute Gasteiger partial charge is 0.465 e. The highest BCUT2D eigenvalue weighted by atomic mass is 35.5. The van der Waals surface area contributed by atoms with Gasteiger partial charge in [-0.1, -0.05) is 42.1 Å². The Morgan fingerprint density at radius 3 is 2.38 bits per heavy atom. The van der Waals surface area contributed by atoms with E-state index in [2.05, 4.69) is 19.8 Å². The van der Waals surface area contributed by atoms with E-state index < -0.39 is 22.7 Å². The lowest BCUT2D eigenvalue weighted by Crippen LogP contribution is -2.46. The van der Waals surface area contributed by atoms with Crippen LogP contribution in [0.15, 0.2) is 83.9 Å². The number of carbonyl (C=O) groups is 3. The monoisotopic (exact) mass is 587 g/mol. The van der Waals surface area contributed by atoms with Crippen LogP contribution < -0.4 is 10.1 Å². The number of rotatable bonds is 9. The lowest BCUT2D eigenvalue weighted by Gasteiger charge is -2.32. The molecule has 1 saturated heterocycles. The first-order valence-electron chi connectivity index (χ1n) is 12.1. The molecule has 2 amide bonds. The van der Waals surface area contributed by atoms with Crippen LogP contribution in [0.3, 0.4) is 0 Å². The molecule has 0 bridgehead atoms. The first-order valence-corrected chi connectivity index (χ1v) is 13.3. The summed E-state index contributed by atoms with van der Waals surface area (Å²) in [7, 11) is 1.28. The SMILES string of the molecule is COC(=O)c1ccc(NC(=O)C2CC(=O)N(CCc3ccccc3)C(=Nc3ccc(OC(F)(F)Cl)cc3)S2)cc1. The number of methoxy groups -OCH3 is 1. The Labute approximate surface area is 238 Å². The first-order chi connectivity index (χ1) is 19.1. The van der Waals surface area contributed by atoms with Gasteiger partial charge in [-0.2, -0.15) is 0 Å². The predicted octanol–water partition coefficient (Wildman–Crippen LogP) is 5.84. The minimum atomic E-state index is -3.85. The van der Waals surface area contributed by atoms with Crippen LogP contribution in [-0.4, -0.2) is 52.3 Å². The van der Waals surface area contributed by atoms with Gasteiger partial charge in [-0.05, 0) is 60.5 Å². The van der Waals surface area contributed by atoms with Gasteiger partial charge in [-0.15, -0.1) is 8.78 Å². The number of esters is 1. The van der Waals surface area contributed by atoms with Crippen molar-refractivity contribution in [3.63, 3.8) is 0 Å². The van der Waals surface area contributed by atoms with E-state index in [0.717, 1.165) is 17.3 Å². The number of hydrogen-bond acceptors (Lipinski definition) is 7. The van der Waals surface area contributed by atoms with Gasteiger partial charge in [0.25, 0.3) is 0 Å². The number of amidine groups is 1. The van der Waals surface area contributed by atoms with Crippen molar-refractivity contribution in [2.75, 3.05) is 19.0 Å². The average molecular weight is 588 g/mol. The van der Waals surface area contributed by atoms with Crippen molar-refractivity contribution in [3.05, 3.63) is 90.0 Å². The standard InChI is InChI=1S/C28H24ClF2N3O5S/c1-38-26(37)19-7-9-20(10-8-19)32-25(36)23-17-24(35)34(16-15-18-5-3-2-4-6-18)27(40-23)33-21-11-13-22(14-12-21)39-28(29,30)31/h2-14,23H,15-17H2,1H3,(H,32,36). The topological polar surface area (TPSA) is 97.3 Å². The number of hydrogen-bond donors (Lipinski definition) is 1. The zero-order valence-corrected chi connectivity index (χ0v) is 22.8. The molecule has 1 aliphatic heterocycles. The van der Waals surface area contributed by atoms with E-state index in [0.29, 0.717) is 35.1 Å². The minimum Gasteiger partial charge on any atom is -0.465 e. The Morgan fingerprint density at radius 2 is 1.75 bits per heavy atom. The van der Waals surface area contributed by atoms with Gasteiger partial charge in [-0.3, -0.25) is 14.5 Å². The zero-order chi connectivity index (χ0) is 28.7. The molecule has 1 N–H and O–H groups in total. The summed E-state index contributed by atoms with van der Waals surface area (Å²) in [5.74, 6) is -1.35. The van der Waals surface area contributed by atoms with Crippen LogP contribution in [0, 0.1) is 0 Å². The first kappa shape index (κ1) is 29.0. The molecule has 4 rings (SSSR count). The molecule has 0 spiro atoms. The number of nitrogens with zero attached hydrogens (tertiary/aromatic N) is 2. The van der Waals surface area contributed by atoms with E-state index in [9.17, 15) is 23.2 Å². The van der Waals surface area contributed by atoms with Crippen molar-refractivity contribution in [1.29, 1.82) is 0 Å². The summed E-state index contributed by atoms with van der Waals surface area (Å²) in [5.41, 5.74) is -1.68. The Hall–Kier alpha value is -3.96. The Kier molecular flexibility index (Phi) is 9.38. The van der Waals surface area contributed by atoms with Crippen molar-refractivity contribution >= 4 is 57.7 Å². The maximum atomic E-state index is 13.2. The van der Waals surface area contributed by atoms with E-state index in [-0.39, 0.29) is 18.1 Å². The van der Waals surface area contributed by atoms with E-state index in [1.807, 2.05) is 30.3 Å². The molecular formula is C28H24ClF2N3O5S. The van der Waals surface area contributed by atoms with Gasteiger partial charge in [-0.25, -0.2) is 9.79 Å². The van der Waals surface area contributed by atoms with Crippen LogP contribution in [0.5, 0.6) is 5.75 Å². The Morgan fingerprint density at radius 1 is 1.07 bits per heavy atom. The van der Waals surface area contributed by atoms with Gasteiger partial charge in [0.05, 0.1) is 18.4 Å². The van der Waals surface area contributed by atoms with Crippen molar-refractivity contribution in [2.45, 2.75) is 23.7 Å². The molecule has 40 heavy (non-hydrogen) atoms. The fourth-order valence-electron chi connectivity index (χ4n) is 3.81. The molecule has 1 heterocycles. The molecule has 0 radical (unpaired) electrons. The van der Waals surface area contributed by atoms with Crippen LogP contribution in [0.2, 0.25) is 0 Å². The summed E-state index contributed by atoms with van der Waals surface area (Å²) in [5, 5.41) is 2.28. The van der Waals surface area contributed by atoms with E-state index in [1.165, 1.54) is 48.4 Å². The molecule has 1 atom stereocenters.